The smallest absolute Gasteiger partial charge is 0.338 e. The number of carbonyl (C=O) groups is 1. The number of rotatable bonds is 3. The van der Waals surface area contributed by atoms with E-state index in [1.807, 2.05) is 0 Å². The van der Waals surface area contributed by atoms with Crippen LogP contribution < -0.4 is 5.56 Å². The van der Waals surface area contributed by atoms with E-state index in [2.05, 4.69) is 21.9 Å². The normalized spacial score (nSPS) is 17.7. The van der Waals surface area contributed by atoms with Gasteiger partial charge in [-0.15, -0.1) is 11.3 Å². The van der Waals surface area contributed by atoms with Crippen molar-refractivity contribution in [3.63, 3.8) is 0 Å². The number of hydrogen-bond acceptors (Lipinski definition) is 6. The summed E-state index contributed by atoms with van der Waals surface area (Å²) >= 11 is 1.58. The molecule has 0 spiro atoms. The van der Waals surface area contributed by atoms with Gasteiger partial charge >= 0.3 is 5.97 Å². The minimum atomic E-state index is -0.647. The lowest BCUT2D eigenvalue weighted by Gasteiger charge is -2.17. The van der Waals surface area contributed by atoms with Gasteiger partial charge in [-0.1, -0.05) is 6.92 Å². The van der Waals surface area contributed by atoms with Gasteiger partial charge in [0, 0.05) is 17.3 Å². The number of nitrogens with zero attached hydrogens (tertiary/aromatic N) is 2. The summed E-state index contributed by atoms with van der Waals surface area (Å²) in [6.07, 6.45) is 5.44. The Morgan fingerprint density at radius 2 is 2.15 bits per heavy atom. The molecule has 0 aromatic carbocycles. The Hall–Kier alpha value is -2.54. The molecule has 0 aliphatic heterocycles. The van der Waals surface area contributed by atoms with Gasteiger partial charge < -0.3 is 9.72 Å². The summed E-state index contributed by atoms with van der Waals surface area (Å²) in [5.74, 6) is 0.535. The maximum Gasteiger partial charge on any atom is 0.338 e. The molecule has 0 saturated heterocycles. The predicted molar refractivity (Wildman–Crippen MR) is 99.5 cm³/mol. The number of nitrogens with one attached hydrogen (secondary N) is 1. The Bertz CT molecular complexity index is 1030. The van der Waals surface area contributed by atoms with Crippen molar-refractivity contribution in [3.05, 3.63) is 56.7 Å². The lowest BCUT2D eigenvalue weighted by Crippen LogP contribution is -2.18. The van der Waals surface area contributed by atoms with E-state index >= 15 is 0 Å². The number of aryl methyl sites for hydroxylation is 1. The zero-order chi connectivity index (χ0) is 18.3. The molecule has 3 aromatic heterocycles. The Morgan fingerprint density at radius 3 is 2.92 bits per heavy atom. The number of thiophene rings is 1. The topological polar surface area (TPSA) is 84.9 Å². The van der Waals surface area contributed by atoms with E-state index in [0.29, 0.717) is 22.7 Å². The van der Waals surface area contributed by atoms with E-state index in [4.69, 9.17) is 4.74 Å². The fourth-order valence-electron chi connectivity index (χ4n) is 3.33. The molecule has 1 aliphatic carbocycles. The molecular formula is C19H19N3O3S. The number of esters is 1. The van der Waals surface area contributed by atoms with Crippen molar-refractivity contribution < 1.29 is 9.53 Å². The third-order valence-electron chi connectivity index (χ3n) is 4.77. The first-order valence-electron chi connectivity index (χ1n) is 8.68. The van der Waals surface area contributed by atoms with Gasteiger partial charge in [0.25, 0.3) is 5.56 Å². The Kier molecular flexibility index (Phi) is 4.32. The molecular weight excluding hydrogens is 350 g/mol. The second-order valence-electron chi connectivity index (χ2n) is 6.77. The van der Waals surface area contributed by atoms with Gasteiger partial charge in [0.2, 0.25) is 0 Å². The van der Waals surface area contributed by atoms with Crippen molar-refractivity contribution in [3.8, 4) is 0 Å². The monoisotopic (exact) mass is 369 g/mol. The van der Waals surface area contributed by atoms with Crippen molar-refractivity contribution in [2.24, 2.45) is 5.92 Å². The highest BCUT2D eigenvalue weighted by Gasteiger charge is 2.24. The van der Waals surface area contributed by atoms with Crippen LogP contribution in [-0.2, 0) is 17.6 Å². The van der Waals surface area contributed by atoms with Gasteiger partial charge in [-0.05, 0) is 49.8 Å². The second kappa shape index (κ2) is 6.64. The second-order valence-corrected chi connectivity index (χ2v) is 7.85. The molecule has 134 valence electrons. The molecule has 0 fully saturated rings. The molecule has 1 N–H and O–H groups in total. The standard InChI is InChI=1S/C19H19N3O3S/c1-10-3-4-13-14(9-10)26-18-15(13)17(23)21-16(22-18)11(2)25-19(24)12-5-7-20-8-6-12/h5-8,10-11H,3-4,9H2,1-2H3,(H,21,22,23)/t10-,11+/m1/s1. The third-order valence-corrected chi connectivity index (χ3v) is 5.92. The van der Waals surface area contributed by atoms with Gasteiger partial charge in [-0.3, -0.25) is 9.78 Å². The molecule has 26 heavy (non-hydrogen) atoms. The van der Waals surface area contributed by atoms with E-state index in [1.165, 1.54) is 17.3 Å². The number of hydrogen-bond donors (Lipinski definition) is 1. The van der Waals surface area contributed by atoms with Crippen LogP contribution in [0.15, 0.2) is 29.3 Å². The van der Waals surface area contributed by atoms with Crippen LogP contribution >= 0.6 is 11.3 Å². The zero-order valence-electron chi connectivity index (χ0n) is 14.6. The van der Waals surface area contributed by atoms with Crippen molar-refractivity contribution in [2.75, 3.05) is 0 Å². The van der Waals surface area contributed by atoms with Crippen molar-refractivity contribution in [2.45, 2.75) is 39.2 Å². The van der Waals surface area contributed by atoms with Crippen LogP contribution in [0.5, 0.6) is 0 Å². The van der Waals surface area contributed by atoms with Crippen molar-refractivity contribution in [1.29, 1.82) is 0 Å². The molecule has 0 radical (unpaired) electrons. The summed E-state index contributed by atoms with van der Waals surface area (Å²) < 4.78 is 5.45. The summed E-state index contributed by atoms with van der Waals surface area (Å²) in [6, 6.07) is 3.17. The molecule has 0 amide bonds. The lowest BCUT2D eigenvalue weighted by molar-refractivity contribution is 0.0320. The van der Waals surface area contributed by atoms with E-state index in [9.17, 15) is 9.59 Å². The van der Waals surface area contributed by atoms with Gasteiger partial charge in [0.05, 0.1) is 10.9 Å². The lowest BCUT2D eigenvalue weighted by atomic mass is 9.89. The van der Waals surface area contributed by atoms with E-state index in [1.54, 1.807) is 30.4 Å². The van der Waals surface area contributed by atoms with Crippen molar-refractivity contribution >= 4 is 27.5 Å². The number of aromatic amines is 1. The quantitative estimate of drug-likeness (QED) is 0.715. The molecule has 3 aromatic rings. The van der Waals surface area contributed by atoms with E-state index in [0.717, 1.165) is 29.7 Å². The first-order valence-corrected chi connectivity index (χ1v) is 9.50. The van der Waals surface area contributed by atoms with Crippen LogP contribution in [0, 0.1) is 5.92 Å². The summed E-state index contributed by atoms with van der Waals surface area (Å²) in [5.41, 5.74) is 1.41. The van der Waals surface area contributed by atoms with Crippen LogP contribution in [0.4, 0.5) is 0 Å². The number of ether oxygens (including phenoxy) is 1. The van der Waals surface area contributed by atoms with Crippen LogP contribution in [-0.4, -0.2) is 20.9 Å². The van der Waals surface area contributed by atoms with Gasteiger partial charge in [0.15, 0.2) is 11.9 Å². The predicted octanol–water partition coefficient (Wildman–Crippen LogP) is 3.42. The number of pyridine rings is 1. The summed E-state index contributed by atoms with van der Waals surface area (Å²) in [7, 11) is 0. The summed E-state index contributed by atoms with van der Waals surface area (Å²) in [6.45, 7) is 3.94. The molecule has 6 nitrogen and oxygen atoms in total. The first-order chi connectivity index (χ1) is 12.5. The highest BCUT2D eigenvalue weighted by Crippen LogP contribution is 2.35. The van der Waals surface area contributed by atoms with E-state index < -0.39 is 12.1 Å². The molecule has 7 heteroatoms. The molecule has 0 unspecified atom stereocenters. The van der Waals surface area contributed by atoms with Gasteiger partial charge in [-0.2, -0.15) is 0 Å². The highest BCUT2D eigenvalue weighted by atomic mass is 32.1. The minimum absolute atomic E-state index is 0.149. The minimum Gasteiger partial charge on any atom is -0.451 e. The third kappa shape index (κ3) is 3.03. The van der Waals surface area contributed by atoms with Crippen LogP contribution in [0.1, 0.15) is 53.0 Å². The number of fused-ring (bicyclic) bond motifs is 3. The molecule has 0 bridgehead atoms. The Balaban J connectivity index is 1.65. The van der Waals surface area contributed by atoms with Gasteiger partial charge in [0.1, 0.15) is 4.83 Å². The fourth-order valence-corrected chi connectivity index (χ4v) is 4.72. The Labute approximate surface area is 154 Å². The number of carbonyl (C=O) groups excluding carboxylic acids is 1. The summed E-state index contributed by atoms with van der Waals surface area (Å²) in [5, 5.41) is 0.702. The maximum atomic E-state index is 12.6. The maximum absolute atomic E-state index is 12.6. The highest BCUT2D eigenvalue weighted by molar-refractivity contribution is 7.18. The molecule has 2 atom stereocenters. The molecule has 0 saturated carbocycles. The van der Waals surface area contributed by atoms with Crippen molar-refractivity contribution in [1.82, 2.24) is 15.0 Å². The van der Waals surface area contributed by atoms with E-state index in [-0.39, 0.29) is 5.56 Å². The number of H-pyrrole nitrogens is 1. The van der Waals surface area contributed by atoms with Crippen LogP contribution in [0.2, 0.25) is 0 Å². The first kappa shape index (κ1) is 16.9. The largest absolute Gasteiger partial charge is 0.451 e. The van der Waals surface area contributed by atoms with Gasteiger partial charge in [-0.25, -0.2) is 9.78 Å². The van der Waals surface area contributed by atoms with Crippen LogP contribution in [0.25, 0.3) is 10.2 Å². The number of aromatic nitrogens is 3. The average Bonchev–Trinajstić information content (AvgIpc) is 3.00. The molecule has 4 rings (SSSR count). The van der Waals surface area contributed by atoms with Crippen LogP contribution in [0.3, 0.4) is 0 Å². The molecule has 1 aliphatic rings. The zero-order valence-corrected chi connectivity index (χ0v) is 15.4. The Morgan fingerprint density at radius 1 is 1.38 bits per heavy atom. The fraction of sp³-hybridized carbons (Fsp3) is 0.368. The SMILES string of the molecule is C[C@@H]1CCc2c(sc3nc([C@H](C)OC(=O)c4ccncc4)[nH]c(=O)c23)C1. The average molecular weight is 369 g/mol. The molecule has 3 heterocycles. The summed E-state index contributed by atoms with van der Waals surface area (Å²) in [4.78, 5) is 38.1.